The van der Waals surface area contributed by atoms with Crippen molar-refractivity contribution in [3.63, 3.8) is 0 Å². The third kappa shape index (κ3) is 6.21. The van der Waals surface area contributed by atoms with Gasteiger partial charge in [-0.1, -0.05) is 42.5 Å². The van der Waals surface area contributed by atoms with E-state index in [1.54, 1.807) is 12.1 Å². The Morgan fingerprint density at radius 3 is 2.31 bits per heavy atom. The fourth-order valence-electron chi connectivity index (χ4n) is 3.05. The van der Waals surface area contributed by atoms with Gasteiger partial charge in [-0.25, -0.2) is 8.42 Å². The average Bonchev–Trinajstić information content (AvgIpc) is 2.73. The van der Waals surface area contributed by atoms with Gasteiger partial charge in [-0.3, -0.25) is 4.79 Å². The molecule has 0 aliphatic heterocycles. The van der Waals surface area contributed by atoms with Gasteiger partial charge in [-0.15, -0.1) is 13.2 Å². The number of hydrogen-bond donors (Lipinski definition) is 1. The predicted molar refractivity (Wildman–Crippen MR) is 114 cm³/mol. The number of nitrogens with one attached hydrogen (secondary N) is 1. The van der Waals surface area contributed by atoms with Crippen molar-refractivity contribution in [1.82, 2.24) is 9.62 Å². The van der Waals surface area contributed by atoms with Crippen LogP contribution in [0, 0.1) is 0 Å². The molecule has 3 aromatic rings. The highest BCUT2D eigenvalue weighted by molar-refractivity contribution is 7.89. The van der Waals surface area contributed by atoms with Gasteiger partial charge in [0.25, 0.3) is 0 Å². The van der Waals surface area contributed by atoms with E-state index in [4.69, 9.17) is 0 Å². The molecule has 0 bridgehead atoms. The Bertz CT molecular complexity index is 1200. The van der Waals surface area contributed by atoms with E-state index >= 15 is 0 Å². The molecule has 1 amide bonds. The van der Waals surface area contributed by atoms with Gasteiger partial charge in [0.1, 0.15) is 5.75 Å². The van der Waals surface area contributed by atoms with Gasteiger partial charge in [0, 0.05) is 13.6 Å². The molecule has 170 valence electrons. The monoisotopic (exact) mass is 466 g/mol. The first-order chi connectivity index (χ1) is 15.0. The number of fused-ring (bicyclic) bond motifs is 1. The Morgan fingerprint density at radius 1 is 1.00 bits per heavy atom. The lowest BCUT2D eigenvalue weighted by atomic mass is 10.1. The Kier molecular flexibility index (Phi) is 7.05. The van der Waals surface area contributed by atoms with Crippen LogP contribution in [0.5, 0.6) is 5.75 Å². The fourth-order valence-corrected chi connectivity index (χ4v) is 4.22. The quantitative estimate of drug-likeness (QED) is 0.549. The third-order valence-corrected chi connectivity index (χ3v) is 6.49. The summed E-state index contributed by atoms with van der Waals surface area (Å²) < 4.78 is 66.9. The van der Waals surface area contributed by atoms with E-state index in [0.29, 0.717) is 12.0 Å². The van der Waals surface area contributed by atoms with Crippen molar-refractivity contribution in [1.29, 1.82) is 0 Å². The van der Waals surface area contributed by atoms with E-state index in [0.717, 1.165) is 15.1 Å². The van der Waals surface area contributed by atoms with Crippen LogP contribution in [0.3, 0.4) is 0 Å². The van der Waals surface area contributed by atoms with Crippen LogP contribution in [0.25, 0.3) is 10.8 Å². The summed E-state index contributed by atoms with van der Waals surface area (Å²) >= 11 is 0. The molecule has 3 aromatic carbocycles. The van der Waals surface area contributed by atoms with Crippen LogP contribution >= 0.6 is 0 Å². The van der Waals surface area contributed by atoms with Crippen molar-refractivity contribution >= 4 is 26.7 Å². The van der Waals surface area contributed by atoms with E-state index in [-0.39, 0.29) is 23.7 Å². The first-order valence-corrected chi connectivity index (χ1v) is 11.1. The van der Waals surface area contributed by atoms with Crippen LogP contribution in [0.1, 0.15) is 5.56 Å². The largest absolute Gasteiger partial charge is 0.573 e. The van der Waals surface area contributed by atoms with Crippen molar-refractivity contribution in [2.45, 2.75) is 17.7 Å². The summed E-state index contributed by atoms with van der Waals surface area (Å²) in [6.07, 6.45) is -4.39. The SMILES string of the molecule is CN(CC(=O)NCCc1ccc(OC(F)(F)F)cc1)S(=O)(=O)c1ccc2ccccc2c1. The zero-order chi connectivity index (χ0) is 23.4. The molecule has 0 aliphatic carbocycles. The number of hydrogen-bond acceptors (Lipinski definition) is 4. The molecule has 0 spiro atoms. The molecule has 0 atom stereocenters. The average molecular weight is 466 g/mol. The minimum absolute atomic E-state index is 0.0904. The standard InChI is InChI=1S/C22H21F3N2O4S/c1-27(32(29,30)20-11-8-17-4-2-3-5-18(17)14-20)15-21(28)26-13-12-16-6-9-19(10-7-16)31-22(23,24)25/h2-11,14H,12-13,15H2,1H3,(H,26,28). The van der Waals surface area contributed by atoms with Gasteiger partial charge < -0.3 is 10.1 Å². The summed E-state index contributed by atoms with van der Waals surface area (Å²) in [6.45, 7) is -0.171. The second-order valence-corrected chi connectivity index (χ2v) is 9.11. The van der Waals surface area contributed by atoms with Gasteiger partial charge in [-0.05, 0) is 47.0 Å². The first kappa shape index (κ1) is 23.6. The second-order valence-electron chi connectivity index (χ2n) is 7.06. The highest BCUT2D eigenvalue weighted by Gasteiger charge is 2.31. The summed E-state index contributed by atoms with van der Waals surface area (Å²) in [5.74, 6) is -0.820. The molecule has 10 heteroatoms. The van der Waals surface area contributed by atoms with E-state index < -0.39 is 22.3 Å². The summed E-state index contributed by atoms with van der Waals surface area (Å²) in [4.78, 5) is 12.3. The molecule has 1 N–H and O–H groups in total. The highest BCUT2D eigenvalue weighted by Crippen LogP contribution is 2.23. The number of amides is 1. The maximum atomic E-state index is 12.8. The Hall–Kier alpha value is -3.11. The zero-order valence-electron chi connectivity index (χ0n) is 17.1. The molecule has 6 nitrogen and oxygen atoms in total. The lowest BCUT2D eigenvalue weighted by Crippen LogP contribution is -2.39. The molecule has 0 unspecified atom stereocenters. The number of ether oxygens (including phenoxy) is 1. The third-order valence-electron chi connectivity index (χ3n) is 4.69. The van der Waals surface area contributed by atoms with Crippen LogP contribution in [0.2, 0.25) is 0 Å². The van der Waals surface area contributed by atoms with Gasteiger partial charge in [0.15, 0.2) is 0 Å². The molecular weight excluding hydrogens is 445 g/mol. The smallest absolute Gasteiger partial charge is 0.406 e. The first-order valence-electron chi connectivity index (χ1n) is 9.61. The van der Waals surface area contributed by atoms with E-state index in [1.807, 2.05) is 24.3 Å². The molecule has 0 aromatic heterocycles. The highest BCUT2D eigenvalue weighted by atomic mass is 32.2. The number of benzene rings is 3. The Balaban J connectivity index is 1.52. The Labute approximate surface area is 183 Å². The minimum Gasteiger partial charge on any atom is -0.406 e. The van der Waals surface area contributed by atoms with Crippen molar-refractivity contribution in [3.8, 4) is 5.75 Å². The molecule has 0 saturated carbocycles. The number of sulfonamides is 1. The summed E-state index contributed by atoms with van der Waals surface area (Å²) in [5, 5.41) is 4.30. The van der Waals surface area contributed by atoms with Crippen LogP contribution in [0.4, 0.5) is 13.2 Å². The lowest BCUT2D eigenvalue weighted by Gasteiger charge is -2.17. The normalized spacial score (nSPS) is 12.2. The van der Waals surface area contributed by atoms with Crippen LogP contribution in [-0.4, -0.2) is 45.1 Å². The number of carbonyl (C=O) groups excluding carboxylic acids is 1. The molecule has 32 heavy (non-hydrogen) atoms. The van der Waals surface area contributed by atoms with E-state index in [1.165, 1.54) is 37.4 Å². The predicted octanol–water partition coefficient (Wildman–Crippen LogP) is 3.72. The number of likely N-dealkylation sites (N-methyl/N-ethyl adjacent to an activating group) is 1. The number of alkyl halides is 3. The van der Waals surface area contributed by atoms with E-state index in [9.17, 15) is 26.4 Å². The number of halogens is 3. The molecular formula is C22H21F3N2O4S. The molecule has 0 aliphatic rings. The molecule has 0 heterocycles. The van der Waals surface area contributed by atoms with Crippen molar-refractivity contribution in [2.75, 3.05) is 20.1 Å². The minimum atomic E-state index is -4.76. The van der Waals surface area contributed by atoms with Crippen molar-refractivity contribution in [2.24, 2.45) is 0 Å². The fraction of sp³-hybridized carbons (Fsp3) is 0.227. The van der Waals surface area contributed by atoms with Crippen LogP contribution < -0.4 is 10.1 Å². The molecule has 0 radical (unpaired) electrons. The van der Waals surface area contributed by atoms with Crippen molar-refractivity contribution in [3.05, 3.63) is 72.3 Å². The number of carbonyl (C=O) groups is 1. The Morgan fingerprint density at radius 2 is 1.66 bits per heavy atom. The van der Waals surface area contributed by atoms with Gasteiger partial charge in [0.05, 0.1) is 11.4 Å². The lowest BCUT2D eigenvalue weighted by molar-refractivity contribution is -0.274. The van der Waals surface area contributed by atoms with Crippen LogP contribution in [0.15, 0.2) is 71.6 Å². The summed E-state index contributed by atoms with van der Waals surface area (Å²) in [5.41, 5.74) is 0.692. The number of nitrogens with zero attached hydrogens (tertiary/aromatic N) is 1. The topological polar surface area (TPSA) is 75.7 Å². The van der Waals surface area contributed by atoms with Gasteiger partial charge >= 0.3 is 6.36 Å². The maximum Gasteiger partial charge on any atom is 0.573 e. The molecule has 0 saturated heterocycles. The van der Waals surface area contributed by atoms with E-state index in [2.05, 4.69) is 10.1 Å². The second kappa shape index (κ2) is 9.58. The molecule has 3 rings (SSSR count). The zero-order valence-corrected chi connectivity index (χ0v) is 17.9. The van der Waals surface area contributed by atoms with Gasteiger partial charge in [0.2, 0.25) is 15.9 Å². The maximum absolute atomic E-state index is 12.8. The molecule has 0 fully saturated rings. The summed E-state index contributed by atoms with van der Waals surface area (Å²) in [6, 6.07) is 17.4. The van der Waals surface area contributed by atoms with Crippen LogP contribution in [-0.2, 0) is 21.2 Å². The number of rotatable bonds is 8. The van der Waals surface area contributed by atoms with Crippen molar-refractivity contribution < 1.29 is 31.1 Å². The van der Waals surface area contributed by atoms with Gasteiger partial charge in [-0.2, -0.15) is 4.31 Å². The summed E-state index contributed by atoms with van der Waals surface area (Å²) in [7, 11) is -2.53.